The van der Waals surface area contributed by atoms with Gasteiger partial charge >= 0.3 is 11.6 Å². The summed E-state index contributed by atoms with van der Waals surface area (Å²) in [6, 6.07) is 14.0. The lowest BCUT2D eigenvalue weighted by atomic mass is 10.1. The number of methoxy groups -OCH3 is 1. The zero-order chi connectivity index (χ0) is 22.0. The zero-order valence-corrected chi connectivity index (χ0v) is 16.8. The summed E-state index contributed by atoms with van der Waals surface area (Å²) >= 11 is 0. The van der Waals surface area contributed by atoms with Crippen molar-refractivity contribution in [1.82, 2.24) is 9.88 Å². The third-order valence-electron chi connectivity index (χ3n) is 5.11. The second-order valence-electron chi connectivity index (χ2n) is 7.08. The van der Waals surface area contributed by atoms with Crippen molar-refractivity contribution in [1.29, 1.82) is 0 Å². The molecule has 4 rings (SSSR count). The van der Waals surface area contributed by atoms with Gasteiger partial charge in [0.05, 0.1) is 7.11 Å². The van der Waals surface area contributed by atoms with Crippen LogP contribution in [-0.2, 0) is 11.2 Å². The van der Waals surface area contributed by atoms with Gasteiger partial charge in [-0.05, 0) is 36.2 Å². The lowest BCUT2D eigenvalue weighted by Crippen LogP contribution is -2.39. The van der Waals surface area contributed by atoms with E-state index in [1.807, 2.05) is 30.5 Å². The first-order valence-electron chi connectivity index (χ1n) is 9.64. The molecule has 0 atom stereocenters. The molecule has 158 valence electrons. The average molecular weight is 420 g/mol. The van der Waals surface area contributed by atoms with Crippen molar-refractivity contribution in [2.75, 3.05) is 20.2 Å². The highest BCUT2D eigenvalue weighted by Crippen LogP contribution is 2.21. The molecular formula is C23H20N2O6. The van der Waals surface area contributed by atoms with Gasteiger partial charge in [-0.25, -0.2) is 4.79 Å². The second-order valence-corrected chi connectivity index (χ2v) is 7.08. The number of carboxylic acid groups (broad SMARTS) is 1. The number of nitrogens with one attached hydrogen (secondary N) is 1. The molecule has 1 amide bonds. The van der Waals surface area contributed by atoms with Gasteiger partial charge in [0.25, 0.3) is 5.91 Å². The summed E-state index contributed by atoms with van der Waals surface area (Å²) in [5, 5.41) is 10.8. The van der Waals surface area contributed by atoms with Gasteiger partial charge in [0.15, 0.2) is 0 Å². The molecule has 0 fully saturated rings. The summed E-state index contributed by atoms with van der Waals surface area (Å²) < 4.78 is 10.4. The predicted molar refractivity (Wildman–Crippen MR) is 115 cm³/mol. The summed E-state index contributed by atoms with van der Waals surface area (Å²) in [7, 11) is 1.49. The molecular weight excluding hydrogens is 400 g/mol. The van der Waals surface area contributed by atoms with E-state index in [2.05, 4.69) is 4.98 Å². The molecule has 0 saturated carbocycles. The van der Waals surface area contributed by atoms with Crippen molar-refractivity contribution in [3.63, 3.8) is 0 Å². The average Bonchev–Trinajstić information content (AvgIpc) is 3.18. The van der Waals surface area contributed by atoms with Gasteiger partial charge in [-0.3, -0.25) is 9.59 Å². The number of carbonyl (C=O) groups is 2. The lowest BCUT2D eigenvalue weighted by Gasteiger charge is -2.20. The number of aromatic amines is 1. The van der Waals surface area contributed by atoms with Crippen LogP contribution in [0.3, 0.4) is 0 Å². The Balaban J connectivity index is 1.62. The van der Waals surface area contributed by atoms with E-state index in [1.54, 1.807) is 18.2 Å². The molecule has 2 aromatic heterocycles. The molecule has 0 radical (unpaired) electrons. The number of rotatable bonds is 7. The number of hydrogen-bond acceptors (Lipinski definition) is 5. The molecule has 0 bridgehead atoms. The summed E-state index contributed by atoms with van der Waals surface area (Å²) in [5.74, 6) is -1.34. The van der Waals surface area contributed by atoms with Gasteiger partial charge in [0.2, 0.25) is 0 Å². The van der Waals surface area contributed by atoms with Crippen molar-refractivity contribution in [2.45, 2.75) is 6.42 Å². The summed E-state index contributed by atoms with van der Waals surface area (Å²) in [6.07, 6.45) is 2.27. The largest absolute Gasteiger partial charge is 0.497 e. The maximum atomic E-state index is 13.1. The van der Waals surface area contributed by atoms with Crippen LogP contribution in [0.15, 0.2) is 63.9 Å². The number of ether oxygens (including phenoxy) is 1. The third-order valence-corrected chi connectivity index (χ3v) is 5.11. The molecule has 8 heteroatoms. The maximum absolute atomic E-state index is 13.1. The Hall–Kier alpha value is -4.07. The number of nitrogens with zero attached hydrogens (tertiary/aromatic N) is 1. The van der Waals surface area contributed by atoms with Crippen LogP contribution >= 0.6 is 0 Å². The Morgan fingerprint density at radius 1 is 1.16 bits per heavy atom. The maximum Gasteiger partial charge on any atom is 0.349 e. The highest BCUT2D eigenvalue weighted by atomic mass is 16.5. The minimum absolute atomic E-state index is 0.132. The van der Waals surface area contributed by atoms with E-state index in [-0.39, 0.29) is 17.7 Å². The molecule has 2 aromatic carbocycles. The van der Waals surface area contributed by atoms with Gasteiger partial charge in [-0.2, -0.15) is 0 Å². The SMILES string of the molecule is COc1ccc2cc(C(=O)N(CCc3c[nH]c4ccccc34)CC(=O)O)c(=O)oc2c1. The number of carbonyl (C=O) groups excluding carboxylic acids is 1. The van der Waals surface area contributed by atoms with Crippen LogP contribution < -0.4 is 10.4 Å². The number of hydrogen-bond donors (Lipinski definition) is 2. The third kappa shape index (κ3) is 4.13. The van der Waals surface area contributed by atoms with Crippen LogP contribution in [0.2, 0.25) is 0 Å². The van der Waals surface area contributed by atoms with Crippen LogP contribution in [0.25, 0.3) is 21.9 Å². The molecule has 4 aromatic rings. The summed E-state index contributed by atoms with van der Waals surface area (Å²) in [5.41, 5.74) is 1.16. The molecule has 31 heavy (non-hydrogen) atoms. The number of aromatic nitrogens is 1. The number of benzene rings is 2. The normalized spacial score (nSPS) is 11.0. The quantitative estimate of drug-likeness (QED) is 0.445. The molecule has 0 aliphatic carbocycles. The van der Waals surface area contributed by atoms with Crippen molar-refractivity contribution >= 4 is 33.7 Å². The Morgan fingerprint density at radius 3 is 2.74 bits per heavy atom. The second kappa shape index (κ2) is 8.35. The highest BCUT2D eigenvalue weighted by Gasteiger charge is 2.23. The van der Waals surface area contributed by atoms with Crippen LogP contribution in [0.1, 0.15) is 15.9 Å². The van der Waals surface area contributed by atoms with Crippen molar-refractivity contribution in [3.8, 4) is 5.75 Å². The van der Waals surface area contributed by atoms with E-state index in [0.29, 0.717) is 17.6 Å². The predicted octanol–water partition coefficient (Wildman–Crippen LogP) is 3.05. The fourth-order valence-electron chi connectivity index (χ4n) is 3.55. The first-order valence-corrected chi connectivity index (χ1v) is 9.64. The molecule has 0 aliphatic heterocycles. The Kier molecular flexibility index (Phi) is 5.44. The van der Waals surface area contributed by atoms with Crippen molar-refractivity contribution < 1.29 is 23.8 Å². The van der Waals surface area contributed by atoms with Gasteiger partial charge in [-0.15, -0.1) is 0 Å². The Morgan fingerprint density at radius 2 is 1.97 bits per heavy atom. The molecule has 0 saturated heterocycles. The van der Waals surface area contributed by atoms with E-state index in [4.69, 9.17) is 9.15 Å². The van der Waals surface area contributed by atoms with E-state index in [9.17, 15) is 19.5 Å². The molecule has 0 aliphatic rings. The smallest absolute Gasteiger partial charge is 0.349 e. The fourth-order valence-corrected chi connectivity index (χ4v) is 3.55. The van der Waals surface area contributed by atoms with Crippen LogP contribution in [0.4, 0.5) is 0 Å². The molecule has 8 nitrogen and oxygen atoms in total. The summed E-state index contributed by atoms with van der Waals surface area (Å²) in [4.78, 5) is 41.2. The van der Waals surface area contributed by atoms with E-state index >= 15 is 0 Å². The van der Waals surface area contributed by atoms with Gasteiger partial charge in [-0.1, -0.05) is 18.2 Å². The Labute approximate surface area is 176 Å². The van der Waals surface area contributed by atoms with Crippen molar-refractivity contribution in [2.24, 2.45) is 0 Å². The first kappa shape index (κ1) is 20.2. The summed E-state index contributed by atoms with van der Waals surface area (Å²) in [6.45, 7) is -0.394. The number of aliphatic carboxylic acids is 1. The number of fused-ring (bicyclic) bond motifs is 2. The van der Waals surface area contributed by atoms with E-state index in [1.165, 1.54) is 13.2 Å². The van der Waals surface area contributed by atoms with E-state index < -0.39 is 24.0 Å². The van der Waals surface area contributed by atoms with Gasteiger partial charge < -0.3 is 24.1 Å². The fraction of sp³-hybridized carbons (Fsp3) is 0.174. The topological polar surface area (TPSA) is 113 Å². The molecule has 0 spiro atoms. The first-order chi connectivity index (χ1) is 15.0. The number of amides is 1. The minimum atomic E-state index is -1.16. The van der Waals surface area contributed by atoms with Crippen LogP contribution in [0, 0.1) is 0 Å². The number of para-hydroxylation sites is 1. The van der Waals surface area contributed by atoms with Gasteiger partial charge in [0.1, 0.15) is 23.4 Å². The molecule has 2 N–H and O–H groups in total. The standard InChI is InChI=1S/C23H20N2O6/c1-30-16-7-6-14-10-18(23(29)31-20(14)11-16)22(28)25(13-21(26)27)9-8-15-12-24-19-5-3-2-4-17(15)19/h2-7,10-12,24H,8-9,13H2,1H3,(H,26,27). The monoisotopic (exact) mass is 420 g/mol. The lowest BCUT2D eigenvalue weighted by molar-refractivity contribution is -0.137. The van der Waals surface area contributed by atoms with Crippen LogP contribution in [-0.4, -0.2) is 47.1 Å². The number of H-pyrrole nitrogens is 1. The Bertz CT molecular complexity index is 1340. The zero-order valence-electron chi connectivity index (χ0n) is 16.8. The van der Waals surface area contributed by atoms with E-state index in [0.717, 1.165) is 21.4 Å². The van der Waals surface area contributed by atoms with Crippen LogP contribution in [0.5, 0.6) is 5.75 Å². The van der Waals surface area contributed by atoms with Gasteiger partial charge in [0, 0.05) is 35.1 Å². The molecule has 2 heterocycles. The number of carboxylic acids is 1. The molecule has 0 unspecified atom stereocenters. The minimum Gasteiger partial charge on any atom is -0.497 e. The van der Waals surface area contributed by atoms with Crippen molar-refractivity contribution in [3.05, 3.63) is 76.3 Å². The highest BCUT2D eigenvalue weighted by molar-refractivity contribution is 5.98.